The quantitative estimate of drug-likeness (QED) is 0.179. The number of benzene rings is 1. The molecule has 0 aliphatic carbocycles. The van der Waals surface area contributed by atoms with Crippen LogP contribution in [0.2, 0.25) is 0 Å². The van der Waals surface area contributed by atoms with Crippen LogP contribution >= 0.6 is 43.6 Å². The predicted octanol–water partition coefficient (Wildman–Crippen LogP) is 3.10. The lowest BCUT2D eigenvalue weighted by Gasteiger charge is -2.03. The minimum Gasteiger partial charge on any atom is -0.466 e. The summed E-state index contributed by atoms with van der Waals surface area (Å²) in [5, 5.41) is 9.76. The molecule has 0 unspecified atom stereocenters. The number of thioether (sulfide) groups is 1. The van der Waals surface area contributed by atoms with Gasteiger partial charge in [0.15, 0.2) is 11.0 Å². The molecular formula is C13H7Br2F2N3O3S. The highest BCUT2D eigenvalue weighted by atomic mass is 79.9. The number of esters is 1. The molecule has 6 nitrogen and oxygen atoms in total. The Balaban J connectivity index is 2.19. The fourth-order valence-corrected chi connectivity index (χ4v) is 3.39. The normalized spacial score (nSPS) is 17.8. The minimum atomic E-state index is -0.714. The first-order chi connectivity index (χ1) is 11.3. The number of rotatable bonds is 3. The van der Waals surface area contributed by atoms with Gasteiger partial charge in [-0.25, -0.2) is 13.6 Å². The zero-order chi connectivity index (χ0) is 17.9. The maximum absolute atomic E-state index is 13.8. The van der Waals surface area contributed by atoms with Gasteiger partial charge in [0.25, 0.3) is 5.91 Å². The standard InChI is InChI=1S/C13H7Br2F2N3O3S/c1-23-9(21)3-8-12(22)19-13(24-8)20-18-4-5-7(16)2-6(14)11(17)10(5)15/h2-4H,1H3,(H,19,20,22)/b8-3+,18-4?. The van der Waals surface area contributed by atoms with E-state index in [9.17, 15) is 18.4 Å². The number of carbonyl (C=O) groups is 2. The molecule has 1 aromatic carbocycles. The first-order valence-corrected chi connectivity index (χ1v) is 8.46. The van der Waals surface area contributed by atoms with E-state index in [2.05, 4.69) is 52.1 Å². The molecule has 0 aromatic heterocycles. The van der Waals surface area contributed by atoms with Crippen molar-refractivity contribution < 1.29 is 23.1 Å². The summed E-state index contributed by atoms with van der Waals surface area (Å²) in [4.78, 5) is 22.8. The summed E-state index contributed by atoms with van der Waals surface area (Å²) in [5.41, 5.74) is -0.139. The fourth-order valence-electron chi connectivity index (χ4n) is 1.48. The molecule has 1 aromatic rings. The van der Waals surface area contributed by atoms with Crippen LogP contribution in [-0.2, 0) is 14.3 Å². The zero-order valence-electron chi connectivity index (χ0n) is 11.8. The van der Waals surface area contributed by atoms with Crippen molar-refractivity contribution >= 4 is 66.9 Å². The fraction of sp³-hybridized carbons (Fsp3) is 0.0769. The van der Waals surface area contributed by atoms with Crippen molar-refractivity contribution in [2.75, 3.05) is 7.11 Å². The van der Waals surface area contributed by atoms with E-state index in [1.54, 1.807) is 0 Å². The highest BCUT2D eigenvalue weighted by Gasteiger charge is 2.25. The van der Waals surface area contributed by atoms with Crippen molar-refractivity contribution in [1.29, 1.82) is 0 Å². The second kappa shape index (κ2) is 7.99. The molecule has 1 heterocycles. The maximum atomic E-state index is 13.8. The van der Waals surface area contributed by atoms with E-state index in [4.69, 9.17) is 0 Å². The molecule has 0 radical (unpaired) electrons. The highest BCUT2D eigenvalue weighted by Crippen LogP contribution is 2.29. The van der Waals surface area contributed by atoms with Gasteiger partial charge in [0.1, 0.15) is 5.82 Å². The second-order valence-corrected chi connectivity index (χ2v) is 6.80. The minimum absolute atomic E-state index is 0.0356. The topological polar surface area (TPSA) is 80.1 Å². The summed E-state index contributed by atoms with van der Waals surface area (Å²) in [6.45, 7) is 0. The molecular weight excluding hydrogens is 476 g/mol. The first kappa shape index (κ1) is 18.7. The summed E-state index contributed by atoms with van der Waals surface area (Å²) in [6, 6.07) is 0.956. The van der Waals surface area contributed by atoms with Crippen molar-refractivity contribution in [1.82, 2.24) is 5.32 Å². The predicted molar refractivity (Wildman–Crippen MR) is 92.6 cm³/mol. The van der Waals surface area contributed by atoms with Gasteiger partial charge in [-0.3, -0.25) is 10.1 Å². The Morgan fingerprint density at radius 3 is 2.79 bits per heavy atom. The third kappa shape index (κ3) is 4.28. The third-order valence-electron chi connectivity index (χ3n) is 2.59. The van der Waals surface area contributed by atoms with Gasteiger partial charge >= 0.3 is 5.97 Å². The lowest BCUT2D eigenvalue weighted by Crippen LogP contribution is -2.19. The van der Waals surface area contributed by atoms with E-state index >= 15 is 0 Å². The van der Waals surface area contributed by atoms with Crippen LogP contribution < -0.4 is 5.32 Å². The van der Waals surface area contributed by atoms with Crippen molar-refractivity contribution in [2.45, 2.75) is 0 Å². The van der Waals surface area contributed by atoms with Gasteiger partial charge in [-0.15, -0.1) is 5.10 Å². The SMILES string of the molecule is COC(=O)/C=C1/S/C(=N\N=Cc2c(F)cc(Br)c(F)c2Br)NC1=O. The Kier molecular flexibility index (Phi) is 6.24. The maximum Gasteiger partial charge on any atom is 0.331 e. The Morgan fingerprint density at radius 1 is 1.42 bits per heavy atom. The van der Waals surface area contributed by atoms with Gasteiger partial charge in [0.2, 0.25) is 0 Å². The van der Waals surface area contributed by atoms with Crippen LogP contribution in [0.1, 0.15) is 5.56 Å². The van der Waals surface area contributed by atoms with Gasteiger partial charge in [0, 0.05) is 11.6 Å². The lowest BCUT2D eigenvalue weighted by molar-refractivity contribution is -0.135. The molecule has 0 saturated carbocycles. The first-order valence-electron chi connectivity index (χ1n) is 6.06. The number of amidine groups is 1. The summed E-state index contributed by atoms with van der Waals surface area (Å²) < 4.78 is 31.7. The summed E-state index contributed by atoms with van der Waals surface area (Å²) in [5.74, 6) is -2.62. The molecule has 0 bridgehead atoms. The summed E-state index contributed by atoms with van der Waals surface area (Å²) in [7, 11) is 1.18. The monoisotopic (exact) mass is 481 g/mol. The molecule has 1 aliphatic heterocycles. The average Bonchev–Trinajstić information content (AvgIpc) is 2.88. The van der Waals surface area contributed by atoms with Crippen LogP contribution in [0, 0.1) is 11.6 Å². The Hall–Kier alpha value is -1.59. The Bertz CT molecular complexity index is 812. The van der Waals surface area contributed by atoms with E-state index < -0.39 is 23.5 Å². The molecule has 11 heteroatoms. The third-order valence-corrected chi connectivity index (χ3v) is 4.84. The Labute approximate surface area is 155 Å². The van der Waals surface area contributed by atoms with Crippen LogP contribution in [-0.4, -0.2) is 30.4 Å². The molecule has 0 spiro atoms. The number of amides is 1. The average molecular weight is 483 g/mol. The molecule has 1 aliphatic rings. The highest BCUT2D eigenvalue weighted by molar-refractivity contribution is 9.11. The van der Waals surface area contributed by atoms with E-state index in [1.807, 2.05) is 0 Å². The number of nitrogens with one attached hydrogen (secondary N) is 1. The van der Waals surface area contributed by atoms with Gasteiger partial charge in [-0.05, 0) is 49.7 Å². The smallest absolute Gasteiger partial charge is 0.331 e. The number of hydrogen-bond donors (Lipinski definition) is 1. The molecule has 1 N–H and O–H groups in total. The van der Waals surface area contributed by atoms with Gasteiger partial charge in [0.05, 0.1) is 27.2 Å². The van der Waals surface area contributed by atoms with E-state index in [1.165, 1.54) is 7.11 Å². The van der Waals surface area contributed by atoms with Gasteiger partial charge in [-0.2, -0.15) is 5.10 Å². The number of nitrogens with zero attached hydrogens (tertiary/aromatic N) is 2. The van der Waals surface area contributed by atoms with Gasteiger partial charge < -0.3 is 4.74 Å². The van der Waals surface area contributed by atoms with Crippen LogP contribution in [0.25, 0.3) is 0 Å². The van der Waals surface area contributed by atoms with Gasteiger partial charge in [-0.1, -0.05) is 0 Å². The number of ether oxygens (including phenoxy) is 1. The molecule has 0 atom stereocenters. The molecule has 1 amide bonds. The lowest BCUT2D eigenvalue weighted by atomic mass is 10.2. The van der Waals surface area contributed by atoms with Crippen molar-refractivity contribution in [3.63, 3.8) is 0 Å². The number of methoxy groups -OCH3 is 1. The number of hydrogen-bond acceptors (Lipinski definition) is 6. The van der Waals surface area contributed by atoms with Crippen LogP contribution in [0.3, 0.4) is 0 Å². The van der Waals surface area contributed by atoms with Crippen LogP contribution in [0.4, 0.5) is 8.78 Å². The van der Waals surface area contributed by atoms with E-state index in [0.29, 0.717) is 0 Å². The summed E-state index contributed by atoms with van der Waals surface area (Å²) >= 11 is 6.67. The van der Waals surface area contributed by atoms with Crippen LogP contribution in [0.5, 0.6) is 0 Å². The Morgan fingerprint density at radius 2 is 2.12 bits per heavy atom. The second-order valence-electron chi connectivity index (χ2n) is 4.12. The van der Waals surface area contributed by atoms with E-state index in [0.717, 1.165) is 30.1 Å². The molecule has 24 heavy (non-hydrogen) atoms. The van der Waals surface area contributed by atoms with Crippen molar-refractivity contribution in [2.24, 2.45) is 10.2 Å². The van der Waals surface area contributed by atoms with Crippen LogP contribution in [0.15, 0.2) is 36.2 Å². The number of halogens is 4. The molecule has 1 fully saturated rings. The van der Waals surface area contributed by atoms with E-state index in [-0.39, 0.29) is 24.6 Å². The largest absolute Gasteiger partial charge is 0.466 e. The zero-order valence-corrected chi connectivity index (χ0v) is 15.8. The number of carbonyl (C=O) groups excluding carboxylic acids is 2. The van der Waals surface area contributed by atoms with Crippen molar-refractivity contribution in [3.8, 4) is 0 Å². The summed E-state index contributed by atoms with van der Waals surface area (Å²) in [6.07, 6.45) is 2.00. The van der Waals surface area contributed by atoms with Crippen molar-refractivity contribution in [3.05, 3.63) is 43.2 Å². The molecule has 126 valence electrons. The molecule has 1 saturated heterocycles. The molecule has 2 rings (SSSR count).